The summed E-state index contributed by atoms with van der Waals surface area (Å²) in [5, 5.41) is 25.8. The van der Waals surface area contributed by atoms with Crippen molar-refractivity contribution < 1.29 is 86.5 Å². The van der Waals surface area contributed by atoms with Crippen LogP contribution in [0.1, 0.15) is 162 Å². The van der Waals surface area contributed by atoms with Crippen LogP contribution in [0.2, 0.25) is 0 Å². The molecule has 0 spiro atoms. The van der Waals surface area contributed by atoms with Crippen LogP contribution in [0, 0.1) is 0 Å². The van der Waals surface area contributed by atoms with Gasteiger partial charge < -0.3 is 64.1 Å². The Morgan fingerprint density at radius 1 is 0.636 bits per heavy atom. The smallest absolute Gasteiger partial charge is 0.411 e. The fraction of sp³-hybridized carbons (Fsp3) is 0.843. The number of halogens is 2. The molecule has 1 heterocycles. The zero-order valence-electron chi connectivity index (χ0n) is 49.0. The van der Waals surface area contributed by atoms with Gasteiger partial charge in [0.15, 0.2) is 0 Å². The fourth-order valence-corrected chi connectivity index (χ4v) is 6.25. The van der Waals surface area contributed by atoms with Crippen molar-refractivity contribution in [2.45, 2.75) is 208 Å². The van der Waals surface area contributed by atoms with Gasteiger partial charge in [-0.25, -0.2) is 38.4 Å². The van der Waals surface area contributed by atoms with Crippen molar-refractivity contribution in [1.29, 1.82) is 0 Å². The average Bonchev–Trinajstić information content (AvgIpc) is 3.28. The normalized spacial score (nSPS) is 14.3. The maximum Gasteiger partial charge on any atom is 0.411 e. The molecule has 5 amide bonds. The molecule has 0 aromatic heterocycles. The summed E-state index contributed by atoms with van der Waals surface area (Å²) >= 11 is 8.43. The number of ether oxygens (including phenoxy) is 8. The largest absolute Gasteiger partial charge is 0.468 e. The molecule has 1 rings (SSSR count). The molecule has 0 aliphatic carbocycles. The van der Waals surface area contributed by atoms with Crippen molar-refractivity contribution in [1.82, 2.24) is 30.6 Å². The molecule has 0 unspecified atom stereocenters. The molecular formula is C51H96BrClN6O18. The molecule has 1 aliphatic heterocycles. The predicted octanol–water partition coefficient (Wildman–Crippen LogP) is 7.64. The number of alkyl carbamates (subject to hydrolysis) is 3. The van der Waals surface area contributed by atoms with Crippen molar-refractivity contribution in [2.24, 2.45) is 0 Å². The Bertz CT molecular complexity index is 1730. The van der Waals surface area contributed by atoms with Gasteiger partial charge in [0.1, 0.15) is 52.7 Å². The first-order valence-electron chi connectivity index (χ1n) is 25.8. The Morgan fingerprint density at radius 2 is 1.04 bits per heavy atom. The third-order valence-corrected chi connectivity index (χ3v) is 9.72. The van der Waals surface area contributed by atoms with E-state index >= 15 is 0 Å². The van der Waals surface area contributed by atoms with E-state index in [1.165, 1.54) is 24.0 Å². The van der Waals surface area contributed by atoms with Crippen LogP contribution in [-0.2, 0) is 52.3 Å². The maximum absolute atomic E-state index is 12.4. The number of nitrogens with one attached hydrogen (secondary N) is 4. The molecule has 3 atom stereocenters. The quantitative estimate of drug-likeness (QED) is 0.0199. The molecule has 0 aromatic carbocycles. The number of esters is 3. The molecule has 24 nitrogen and oxygen atoms in total. The molecule has 1 saturated heterocycles. The highest BCUT2D eigenvalue weighted by Gasteiger charge is 2.37. The van der Waals surface area contributed by atoms with Gasteiger partial charge in [-0.3, -0.25) is 14.6 Å². The van der Waals surface area contributed by atoms with Gasteiger partial charge in [-0.05, 0) is 173 Å². The number of carbonyl (C=O) groups is 8. The van der Waals surface area contributed by atoms with Crippen LogP contribution in [0.3, 0.4) is 0 Å². The van der Waals surface area contributed by atoms with E-state index in [0.717, 1.165) is 12.8 Å². The minimum absolute atomic E-state index is 0.0508. The van der Waals surface area contributed by atoms with Crippen molar-refractivity contribution >= 4 is 76.1 Å². The van der Waals surface area contributed by atoms with Gasteiger partial charge in [0.25, 0.3) is 0 Å². The number of nitrogens with zero attached hydrogens (tertiary/aromatic N) is 2. The van der Waals surface area contributed by atoms with Crippen LogP contribution in [0.4, 0.5) is 24.0 Å². The summed E-state index contributed by atoms with van der Waals surface area (Å²) in [4.78, 5) is 99.7. The number of methoxy groups -OCH3 is 2. The van der Waals surface area contributed by atoms with Crippen molar-refractivity contribution in [3.05, 3.63) is 0 Å². The van der Waals surface area contributed by atoms with Crippen LogP contribution >= 0.6 is 27.7 Å². The Hall–Kier alpha value is -4.59. The minimum atomic E-state index is -0.881. The van der Waals surface area contributed by atoms with E-state index in [0.29, 0.717) is 76.5 Å². The number of carbonyl (C=O) groups excluding carboxylic acids is 8. The van der Waals surface area contributed by atoms with Gasteiger partial charge in [0.2, 0.25) is 0 Å². The summed E-state index contributed by atoms with van der Waals surface area (Å²) < 4.78 is 40.5. The van der Waals surface area contributed by atoms with E-state index in [1.54, 1.807) is 104 Å². The summed E-state index contributed by atoms with van der Waals surface area (Å²) in [5.41, 5.74) is -2.96. The number of alkyl halides is 1. The number of rotatable bonds is 22. The lowest BCUT2D eigenvalue weighted by atomic mass is 10.1. The molecule has 0 radical (unpaired) electrons. The van der Waals surface area contributed by atoms with Gasteiger partial charge in [-0.2, -0.15) is 0 Å². The number of morpholine rings is 1. The second-order valence-corrected chi connectivity index (χ2v) is 23.2. The highest BCUT2D eigenvalue weighted by molar-refractivity contribution is 9.09. The summed E-state index contributed by atoms with van der Waals surface area (Å²) in [6.07, 6.45) is 2.58. The second-order valence-electron chi connectivity index (χ2n) is 22.2. The molecular weight excluding hydrogens is 1100 g/mol. The van der Waals surface area contributed by atoms with Crippen LogP contribution < -0.4 is 20.8 Å². The van der Waals surface area contributed by atoms with Crippen molar-refractivity contribution in [2.75, 3.05) is 72.1 Å². The molecule has 6 N–H and O–H groups in total. The highest BCUT2D eigenvalue weighted by Crippen LogP contribution is 2.20. The average molecular weight is 1200 g/mol. The lowest BCUT2D eigenvalue weighted by Crippen LogP contribution is -2.52. The maximum atomic E-state index is 12.4. The van der Waals surface area contributed by atoms with Crippen LogP contribution in [-0.4, -0.2) is 187 Å². The lowest BCUT2D eigenvalue weighted by Gasteiger charge is -2.35. The number of hydrogen-bond donors (Lipinski definition) is 6. The summed E-state index contributed by atoms with van der Waals surface area (Å²) in [5.74, 6) is -1.39. The standard InChI is InChI=1S/C19H36N2O7.C18H32N2O6.C12H23ClN2O4.C2H5BrO/c1-18(2,3)27-16(24)20-11-9-8-10-14(15(23)26-7)21(12-13-22)17(25)28-19(4,5)6;1-17(2,3)25-15(22)19-10-8-7-9-13-14(21)24-12-11-20(13)16(23)26-18(4,5)6;1-12(2,3)19-11(17)14-8-6-5-7-9(15-13)10(16)18-4;3-1-2-4/h14,22H,8-13H2,1-7H3,(H,20,24);13H,7-12H2,1-6H3,(H,19,22);9,15H,5-8H2,1-4H3,(H,14,17);4H,1-2H2/t14-;13-;9-;/m000./s1. The predicted molar refractivity (Wildman–Crippen MR) is 293 cm³/mol. The number of cyclic esters (lactones) is 1. The molecule has 26 heteroatoms. The van der Waals surface area contributed by atoms with Crippen LogP contribution in [0.25, 0.3) is 0 Å². The van der Waals surface area contributed by atoms with Crippen LogP contribution in [0.5, 0.6) is 0 Å². The topological polar surface area (TPSA) is 305 Å². The second kappa shape index (κ2) is 39.7. The Labute approximate surface area is 471 Å². The molecule has 77 heavy (non-hydrogen) atoms. The van der Waals surface area contributed by atoms with Crippen LogP contribution in [0.15, 0.2) is 0 Å². The molecule has 1 aliphatic rings. The molecule has 452 valence electrons. The summed E-state index contributed by atoms with van der Waals surface area (Å²) in [7, 11) is 2.55. The van der Waals surface area contributed by atoms with Gasteiger partial charge in [0, 0.05) is 31.5 Å². The van der Waals surface area contributed by atoms with E-state index in [1.807, 2.05) is 0 Å². The molecule has 0 aromatic rings. The molecule has 1 fully saturated rings. The molecule has 0 saturated carbocycles. The third-order valence-electron chi connectivity index (χ3n) is 9.11. The molecule has 0 bridgehead atoms. The number of aliphatic hydroxyl groups is 2. The fourth-order valence-electron chi connectivity index (χ4n) is 6.05. The zero-order valence-corrected chi connectivity index (χ0v) is 51.4. The number of amides is 5. The van der Waals surface area contributed by atoms with E-state index in [4.69, 9.17) is 50.0 Å². The lowest BCUT2D eigenvalue weighted by molar-refractivity contribution is -0.157. The SMILES string of the molecule is CC(C)(C)OC(=O)NCCCC[C@H]1C(=O)OCCN1C(=O)OC(C)(C)C.COC(=O)[C@H](CCCCNC(=O)OC(C)(C)C)N(CCO)C(=O)OC(C)(C)C.COC(=O)[C@H](CCCCNC(=O)OC(C)(C)C)NCl.OCCBr. The van der Waals surface area contributed by atoms with Crippen molar-refractivity contribution in [3.8, 4) is 0 Å². The summed E-state index contributed by atoms with van der Waals surface area (Å²) in [6.45, 7) is 28.3. The monoisotopic (exact) mass is 1190 g/mol. The van der Waals surface area contributed by atoms with Gasteiger partial charge in [-0.1, -0.05) is 15.9 Å². The van der Waals surface area contributed by atoms with E-state index in [-0.39, 0.29) is 26.4 Å². The number of aliphatic hydroxyl groups excluding tert-OH is 2. The Balaban J connectivity index is -0.00000105. The van der Waals surface area contributed by atoms with E-state index in [9.17, 15) is 43.5 Å². The third kappa shape index (κ3) is 44.0. The first-order valence-corrected chi connectivity index (χ1v) is 27.3. The van der Waals surface area contributed by atoms with Gasteiger partial charge in [-0.15, -0.1) is 0 Å². The number of unbranched alkanes of at least 4 members (excludes halogenated alkanes) is 3. The zero-order chi connectivity index (χ0) is 60.2. The minimum Gasteiger partial charge on any atom is -0.468 e. The summed E-state index contributed by atoms with van der Waals surface area (Å²) in [6, 6.07) is -2.05. The van der Waals surface area contributed by atoms with Crippen molar-refractivity contribution in [3.63, 3.8) is 0 Å². The van der Waals surface area contributed by atoms with Gasteiger partial charge >= 0.3 is 48.4 Å². The van der Waals surface area contributed by atoms with E-state index in [2.05, 4.69) is 41.5 Å². The Morgan fingerprint density at radius 3 is 1.40 bits per heavy atom. The Kier molecular flexibility index (Phi) is 39.5. The first kappa shape index (κ1) is 76.6. The first-order chi connectivity index (χ1) is 35.4. The highest BCUT2D eigenvalue weighted by atomic mass is 79.9. The number of hydrogen-bond acceptors (Lipinski definition) is 19. The van der Waals surface area contributed by atoms with Gasteiger partial charge in [0.05, 0.1) is 34.0 Å². The van der Waals surface area contributed by atoms with E-state index < -0.39 is 94.5 Å².